The van der Waals surface area contributed by atoms with Crippen LogP contribution in [-0.2, 0) is 15.1 Å². The Balaban J connectivity index is 2.43. The maximum Gasteiger partial charge on any atom is 0.340 e. The topological polar surface area (TPSA) is 46.5 Å². The van der Waals surface area contributed by atoms with Crippen LogP contribution in [0, 0.1) is 0 Å². The molecule has 0 aliphatic carbocycles. The Morgan fingerprint density at radius 1 is 1.10 bits per heavy atom. The molecule has 1 aromatic carbocycles. The lowest BCUT2D eigenvalue weighted by atomic mass is 9.96. The van der Waals surface area contributed by atoms with Crippen molar-refractivity contribution in [3.63, 3.8) is 0 Å². The first kappa shape index (κ1) is 16.7. The number of hydrogen-bond acceptors (Lipinski definition) is 2. The second-order valence-electron chi connectivity index (χ2n) is 5.32. The van der Waals surface area contributed by atoms with Crippen LogP contribution in [0.25, 0.3) is 0 Å². The fourth-order valence-electron chi connectivity index (χ4n) is 2.18. The van der Waals surface area contributed by atoms with Crippen LogP contribution in [0.5, 0.6) is 0 Å². The van der Waals surface area contributed by atoms with Crippen molar-refractivity contribution in [2.24, 2.45) is 0 Å². The van der Waals surface area contributed by atoms with Crippen LogP contribution in [0.2, 0.25) is 0 Å². The van der Waals surface area contributed by atoms with E-state index < -0.39 is 11.6 Å². The van der Waals surface area contributed by atoms with Crippen LogP contribution in [-0.4, -0.2) is 17.7 Å². The minimum atomic E-state index is -1.25. The molecular weight excluding hydrogens is 252 g/mol. The SMILES string of the molecule is CCCCCCCCOC(C)(C(=O)O)c1ccccc1. The molecule has 0 heterocycles. The largest absolute Gasteiger partial charge is 0.479 e. The molecule has 1 atom stereocenters. The number of rotatable bonds is 10. The van der Waals surface area contributed by atoms with Gasteiger partial charge >= 0.3 is 5.97 Å². The molecule has 1 N–H and O–H groups in total. The van der Waals surface area contributed by atoms with Crippen molar-refractivity contribution < 1.29 is 14.6 Å². The highest BCUT2D eigenvalue weighted by molar-refractivity contribution is 5.78. The van der Waals surface area contributed by atoms with Crippen LogP contribution in [0.4, 0.5) is 0 Å². The van der Waals surface area contributed by atoms with Gasteiger partial charge < -0.3 is 9.84 Å². The molecule has 0 aromatic heterocycles. The number of aliphatic carboxylic acids is 1. The number of ether oxygens (including phenoxy) is 1. The van der Waals surface area contributed by atoms with Crippen molar-refractivity contribution in [2.75, 3.05) is 6.61 Å². The summed E-state index contributed by atoms with van der Waals surface area (Å²) in [6, 6.07) is 9.15. The molecule has 0 amide bonds. The Hall–Kier alpha value is -1.35. The van der Waals surface area contributed by atoms with E-state index in [9.17, 15) is 9.90 Å². The van der Waals surface area contributed by atoms with E-state index in [0.29, 0.717) is 12.2 Å². The minimum Gasteiger partial charge on any atom is -0.479 e. The molecule has 112 valence electrons. The lowest BCUT2D eigenvalue weighted by Gasteiger charge is -2.25. The Kier molecular flexibility index (Phi) is 7.31. The van der Waals surface area contributed by atoms with E-state index in [1.54, 1.807) is 19.1 Å². The van der Waals surface area contributed by atoms with Gasteiger partial charge in [-0.3, -0.25) is 0 Å². The van der Waals surface area contributed by atoms with Gasteiger partial charge in [-0.25, -0.2) is 4.79 Å². The van der Waals surface area contributed by atoms with Gasteiger partial charge in [0.05, 0.1) is 0 Å². The molecule has 0 saturated carbocycles. The summed E-state index contributed by atoms with van der Waals surface area (Å²) in [6.07, 6.45) is 6.99. The fraction of sp³-hybridized carbons (Fsp3) is 0.588. The highest BCUT2D eigenvalue weighted by Crippen LogP contribution is 2.26. The first-order valence-corrected chi connectivity index (χ1v) is 7.54. The van der Waals surface area contributed by atoms with E-state index in [1.807, 2.05) is 18.2 Å². The molecule has 1 unspecified atom stereocenters. The van der Waals surface area contributed by atoms with Gasteiger partial charge in [-0.2, -0.15) is 0 Å². The second kappa shape index (κ2) is 8.75. The third-order valence-electron chi connectivity index (χ3n) is 3.62. The van der Waals surface area contributed by atoms with E-state index in [1.165, 1.54) is 25.7 Å². The highest BCUT2D eigenvalue weighted by Gasteiger charge is 2.35. The third-order valence-corrected chi connectivity index (χ3v) is 3.62. The summed E-state index contributed by atoms with van der Waals surface area (Å²) >= 11 is 0. The first-order chi connectivity index (χ1) is 9.61. The fourth-order valence-corrected chi connectivity index (χ4v) is 2.18. The van der Waals surface area contributed by atoms with Crippen molar-refractivity contribution in [3.8, 4) is 0 Å². The van der Waals surface area contributed by atoms with E-state index in [4.69, 9.17) is 4.74 Å². The summed E-state index contributed by atoms with van der Waals surface area (Å²) in [7, 11) is 0. The van der Waals surface area contributed by atoms with Gasteiger partial charge in [0, 0.05) is 6.61 Å². The Bertz CT molecular complexity index is 388. The summed E-state index contributed by atoms with van der Waals surface area (Å²) in [5, 5.41) is 9.43. The quantitative estimate of drug-likeness (QED) is 0.647. The number of benzene rings is 1. The zero-order valence-electron chi connectivity index (χ0n) is 12.6. The van der Waals surface area contributed by atoms with Crippen molar-refractivity contribution in [3.05, 3.63) is 35.9 Å². The smallest absolute Gasteiger partial charge is 0.340 e. The van der Waals surface area contributed by atoms with Crippen LogP contribution in [0.15, 0.2) is 30.3 Å². The Labute approximate surface area is 122 Å². The minimum absolute atomic E-state index is 0.490. The number of unbranched alkanes of at least 4 members (excludes halogenated alkanes) is 5. The molecule has 1 aromatic rings. The molecule has 0 saturated heterocycles. The van der Waals surface area contributed by atoms with Crippen molar-refractivity contribution >= 4 is 5.97 Å². The van der Waals surface area contributed by atoms with Crippen LogP contribution in [0.1, 0.15) is 57.9 Å². The molecule has 3 heteroatoms. The maximum atomic E-state index is 11.5. The standard InChI is InChI=1S/C17H26O3/c1-3-4-5-6-7-11-14-20-17(2,16(18)19)15-12-9-8-10-13-15/h8-10,12-13H,3-7,11,14H2,1-2H3,(H,18,19). The molecule has 0 bridgehead atoms. The molecule has 0 aliphatic heterocycles. The molecular formula is C17H26O3. The van der Waals surface area contributed by atoms with Crippen LogP contribution in [0.3, 0.4) is 0 Å². The Morgan fingerprint density at radius 2 is 1.70 bits per heavy atom. The first-order valence-electron chi connectivity index (χ1n) is 7.54. The van der Waals surface area contributed by atoms with Crippen molar-refractivity contribution in [2.45, 2.75) is 58.0 Å². The number of carboxylic acids is 1. The second-order valence-corrected chi connectivity index (χ2v) is 5.32. The molecule has 0 radical (unpaired) electrons. The molecule has 20 heavy (non-hydrogen) atoms. The van der Waals surface area contributed by atoms with Gasteiger partial charge in [0.1, 0.15) is 0 Å². The van der Waals surface area contributed by atoms with E-state index in [-0.39, 0.29) is 0 Å². The summed E-state index contributed by atoms with van der Waals surface area (Å²) in [4.78, 5) is 11.5. The molecule has 0 aliphatic rings. The van der Waals surface area contributed by atoms with Crippen molar-refractivity contribution in [1.82, 2.24) is 0 Å². The lowest BCUT2D eigenvalue weighted by Crippen LogP contribution is -2.35. The number of carbonyl (C=O) groups is 1. The number of hydrogen-bond donors (Lipinski definition) is 1. The van der Waals surface area contributed by atoms with Crippen LogP contribution >= 0.6 is 0 Å². The molecule has 3 nitrogen and oxygen atoms in total. The van der Waals surface area contributed by atoms with Crippen LogP contribution < -0.4 is 0 Å². The Morgan fingerprint density at radius 3 is 2.30 bits per heavy atom. The zero-order valence-corrected chi connectivity index (χ0v) is 12.6. The normalized spacial score (nSPS) is 13.9. The summed E-state index contributed by atoms with van der Waals surface area (Å²) < 4.78 is 5.68. The zero-order chi connectivity index (χ0) is 14.8. The summed E-state index contributed by atoms with van der Waals surface area (Å²) in [5.41, 5.74) is -0.552. The van der Waals surface area contributed by atoms with Gasteiger partial charge in [-0.15, -0.1) is 0 Å². The van der Waals surface area contributed by atoms with Gasteiger partial charge in [0.2, 0.25) is 0 Å². The summed E-state index contributed by atoms with van der Waals surface area (Å²) in [6.45, 7) is 4.31. The van der Waals surface area contributed by atoms with E-state index in [2.05, 4.69) is 6.92 Å². The van der Waals surface area contributed by atoms with Crippen molar-refractivity contribution in [1.29, 1.82) is 0 Å². The third kappa shape index (κ3) is 4.97. The van der Waals surface area contributed by atoms with Gasteiger partial charge in [0.25, 0.3) is 0 Å². The van der Waals surface area contributed by atoms with E-state index in [0.717, 1.165) is 12.8 Å². The van der Waals surface area contributed by atoms with Gasteiger partial charge in [-0.05, 0) is 18.9 Å². The number of carboxylic acid groups (broad SMARTS) is 1. The average molecular weight is 278 g/mol. The monoisotopic (exact) mass is 278 g/mol. The van der Waals surface area contributed by atoms with Gasteiger partial charge in [0.15, 0.2) is 5.60 Å². The maximum absolute atomic E-state index is 11.5. The average Bonchev–Trinajstić information content (AvgIpc) is 2.46. The predicted octanol–water partition coefficient (Wildman–Crippen LogP) is 4.36. The molecule has 0 fully saturated rings. The van der Waals surface area contributed by atoms with E-state index >= 15 is 0 Å². The highest BCUT2D eigenvalue weighted by atomic mass is 16.5. The summed E-state index contributed by atoms with van der Waals surface area (Å²) in [5.74, 6) is -0.935. The predicted molar refractivity (Wildman–Crippen MR) is 80.8 cm³/mol. The lowest BCUT2D eigenvalue weighted by molar-refractivity contribution is -0.165. The van der Waals surface area contributed by atoms with Gasteiger partial charge in [-0.1, -0.05) is 69.4 Å². The molecule has 0 spiro atoms. The molecule has 1 rings (SSSR count).